The first kappa shape index (κ1) is 79.7. The van der Waals surface area contributed by atoms with Crippen LogP contribution >= 0.6 is 0 Å². The number of ether oxygens (including phenoxy) is 14. The van der Waals surface area contributed by atoms with Crippen LogP contribution in [0.5, 0.6) is 0 Å². The molecule has 7 fully saturated rings. The van der Waals surface area contributed by atoms with E-state index in [2.05, 4.69) is 10.6 Å². The highest BCUT2D eigenvalue weighted by Crippen LogP contribution is 2.38. The third-order valence-corrected chi connectivity index (χ3v) is 17.1. The van der Waals surface area contributed by atoms with Gasteiger partial charge in [0.25, 0.3) is 0 Å². The Balaban J connectivity index is 1.24. The third kappa shape index (κ3) is 17.8. The fourth-order valence-corrected chi connectivity index (χ4v) is 11.7. The molecule has 554 valence electrons. The van der Waals surface area contributed by atoms with Gasteiger partial charge < -0.3 is 205 Å². The number of aliphatic hydroxyl groups excluding tert-OH is 25. The molecule has 7 aliphatic heterocycles. The molecule has 7 saturated heterocycles. The Morgan fingerprint density at radius 1 is 0.358 bits per heavy atom. The molecule has 27 N–H and O–H groups in total. The van der Waals surface area contributed by atoms with E-state index in [0.29, 0.717) is 0 Å². The maximum Gasteiger partial charge on any atom is 0.217 e. The van der Waals surface area contributed by atoms with Crippen molar-refractivity contribution in [3.05, 3.63) is 0 Å². The summed E-state index contributed by atoms with van der Waals surface area (Å²) in [5, 5.41) is 276. The molecule has 0 aromatic heterocycles. The molecule has 0 radical (unpaired) electrons. The number of carbonyl (C=O) groups is 2. The van der Waals surface area contributed by atoms with Crippen molar-refractivity contribution in [2.75, 3.05) is 59.5 Å². The van der Waals surface area contributed by atoms with Crippen molar-refractivity contribution in [3.8, 4) is 0 Å². The first-order valence-corrected chi connectivity index (χ1v) is 30.1. The second-order valence-corrected chi connectivity index (χ2v) is 23.6. The maximum atomic E-state index is 12.8. The number of carbonyl (C=O) groups excluding carboxylic acids is 2. The predicted molar refractivity (Wildman–Crippen MR) is 290 cm³/mol. The second-order valence-electron chi connectivity index (χ2n) is 23.6. The van der Waals surface area contributed by atoms with Crippen molar-refractivity contribution in [1.82, 2.24) is 10.6 Å². The summed E-state index contributed by atoms with van der Waals surface area (Å²) in [4.78, 5) is 24.7. The van der Waals surface area contributed by atoms with Gasteiger partial charge in [0.2, 0.25) is 11.8 Å². The van der Waals surface area contributed by atoms with Crippen LogP contribution in [-0.2, 0) is 75.9 Å². The van der Waals surface area contributed by atoms with Gasteiger partial charge in [-0.05, 0) is 0 Å². The van der Waals surface area contributed by atoms with Crippen molar-refractivity contribution >= 4 is 11.8 Å². The fourth-order valence-electron chi connectivity index (χ4n) is 11.7. The monoisotopic (exact) mass is 1400 g/mol. The molecule has 43 heteroatoms. The summed E-state index contributed by atoms with van der Waals surface area (Å²) < 4.78 is 81.1. The lowest BCUT2D eigenvalue weighted by Gasteiger charge is -2.50. The number of rotatable bonds is 28. The van der Waals surface area contributed by atoms with Crippen molar-refractivity contribution in [2.45, 2.75) is 253 Å². The van der Waals surface area contributed by atoms with Gasteiger partial charge in [-0.25, -0.2) is 0 Å². The molecule has 95 heavy (non-hydrogen) atoms. The van der Waals surface area contributed by atoms with E-state index in [0.717, 1.165) is 13.8 Å². The van der Waals surface area contributed by atoms with Crippen LogP contribution in [0.4, 0.5) is 0 Å². The highest BCUT2D eigenvalue weighted by molar-refractivity contribution is 5.73. The molecule has 0 unspecified atom stereocenters. The van der Waals surface area contributed by atoms with Gasteiger partial charge in [0, 0.05) is 13.8 Å². The molecule has 0 aliphatic carbocycles. The van der Waals surface area contributed by atoms with Crippen molar-refractivity contribution < 1.29 is 204 Å². The van der Waals surface area contributed by atoms with Crippen LogP contribution in [0.1, 0.15) is 13.8 Å². The molecular weight excluding hydrogens is 1310 g/mol. The van der Waals surface area contributed by atoms with Crippen LogP contribution in [0.3, 0.4) is 0 Å². The Morgan fingerprint density at radius 3 is 1.16 bits per heavy atom. The molecule has 7 heterocycles. The summed E-state index contributed by atoms with van der Waals surface area (Å²) in [6.45, 7) is -7.81. The molecule has 7 rings (SSSR count). The minimum absolute atomic E-state index is 0.791. The zero-order valence-electron chi connectivity index (χ0n) is 50.6. The topological polar surface area (TPSA) is 693 Å². The van der Waals surface area contributed by atoms with E-state index >= 15 is 0 Å². The molecular formula is C52H90N2O41. The summed E-state index contributed by atoms with van der Waals surface area (Å²) in [6.07, 6.45) is -78.1. The Labute approximate surface area is 537 Å². The Kier molecular flexibility index (Phi) is 29.6. The van der Waals surface area contributed by atoms with Crippen LogP contribution in [-0.4, -0.2) is 438 Å². The second kappa shape index (κ2) is 35.3. The van der Waals surface area contributed by atoms with Crippen molar-refractivity contribution in [3.63, 3.8) is 0 Å². The highest BCUT2D eigenvalue weighted by Gasteiger charge is 2.59. The molecule has 0 spiro atoms. The fraction of sp³-hybridized carbons (Fsp3) is 0.962. The molecule has 2 amide bonds. The standard InChI is InChI=1S/C52H90N2O41/c1-12(63)53-14(3-55)24(66)40(15(65)4-56)90-46-23(54-13(2)64)31(73)41(21(10-62)88-46)91-50-39(81)43(30(72)22(89-50)11-82-47-38(80)42(29(71)20(9-61)83-47)92-48-36(78)32(74)25(67)16(5-57)84-48)93-51-45(35(77)28(70)18(7-59)86-51)95-52-44(34(76)27(69)19(8-60)87-52)94-49-37(79)33(75)26(68)17(6-58)85-49/h14-52,55-62,65-81H,3-11H2,1-2H3,(H,53,63)(H,54,64)/t14-,15+,16+,17+,18+,19+,20+,21+,22+,23+,24+,25+,26+,27+,28+,29+,30+,31+,32-,33-,34-,35-,36-,37-,38-,39-,40+,41+,42-,43-,44-,45-,46-,47-,48+,49+,50-,51+,52+/m0/s1. The lowest BCUT2D eigenvalue weighted by atomic mass is 9.94. The van der Waals surface area contributed by atoms with Crippen LogP contribution in [0, 0.1) is 0 Å². The van der Waals surface area contributed by atoms with Gasteiger partial charge in [0.1, 0.15) is 189 Å². The van der Waals surface area contributed by atoms with Gasteiger partial charge in [-0.3, -0.25) is 9.59 Å². The van der Waals surface area contributed by atoms with E-state index in [1.807, 2.05) is 0 Å². The molecule has 39 atom stereocenters. The zero-order valence-corrected chi connectivity index (χ0v) is 50.6. The predicted octanol–water partition coefficient (Wildman–Crippen LogP) is -18.5. The lowest BCUT2D eigenvalue weighted by Crippen LogP contribution is -2.70. The zero-order chi connectivity index (χ0) is 70.3. The highest BCUT2D eigenvalue weighted by atomic mass is 16.8. The van der Waals surface area contributed by atoms with Gasteiger partial charge >= 0.3 is 0 Å². The first-order chi connectivity index (χ1) is 44.9. The Bertz CT molecular complexity index is 2330. The Hall–Kier alpha value is -2.62. The molecule has 0 bridgehead atoms. The van der Waals surface area contributed by atoms with E-state index < -0.39 is 311 Å². The summed E-state index contributed by atoms with van der Waals surface area (Å²) in [5.41, 5.74) is 0. The molecule has 43 nitrogen and oxygen atoms in total. The van der Waals surface area contributed by atoms with E-state index in [4.69, 9.17) is 66.3 Å². The largest absolute Gasteiger partial charge is 0.394 e. The summed E-state index contributed by atoms with van der Waals surface area (Å²) >= 11 is 0. The molecule has 7 aliphatic rings. The molecule has 0 aromatic rings. The van der Waals surface area contributed by atoms with Crippen molar-refractivity contribution in [2.24, 2.45) is 0 Å². The number of hydrogen-bond acceptors (Lipinski definition) is 41. The van der Waals surface area contributed by atoms with Gasteiger partial charge in [0.15, 0.2) is 44.0 Å². The van der Waals surface area contributed by atoms with Crippen LogP contribution in [0.2, 0.25) is 0 Å². The Morgan fingerprint density at radius 2 is 0.716 bits per heavy atom. The minimum Gasteiger partial charge on any atom is -0.394 e. The summed E-state index contributed by atoms with van der Waals surface area (Å²) in [7, 11) is 0. The van der Waals surface area contributed by atoms with Crippen LogP contribution < -0.4 is 10.6 Å². The van der Waals surface area contributed by atoms with E-state index in [-0.39, 0.29) is 0 Å². The molecule has 0 saturated carbocycles. The summed E-state index contributed by atoms with van der Waals surface area (Å²) in [6, 6.07) is -3.55. The normalized spacial score (nSPS) is 47.3. The lowest BCUT2D eigenvalue weighted by molar-refractivity contribution is -0.407. The number of aliphatic hydroxyl groups is 25. The third-order valence-electron chi connectivity index (χ3n) is 17.1. The van der Waals surface area contributed by atoms with Crippen molar-refractivity contribution in [1.29, 1.82) is 0 Å². The van der Waals surface area contributed by atoms with Gasteiger partial charge in [-0.15, -0.1) is 0 Å². The van der Waals surface area contributed by atoms with E-state index in [9.17, 15) is 137 Å². The number of nitrogens with one attached hydrogen (secondary N) is 2. The van der Waals surface area contributed by atoms with Crippen LogP contribution in [0.25, 0.3) is 0 Å². The average molecular weight is 1400 g/mol. The van der Waals surface area contributed by atoms with Crippen LogP contribution in [0.15, 0.2) is 0 Å². The van der Waals surface area contributed by atoms with Gasteiger partial charge in [0.05, 0.1) is 65.5 Å². The average Bonchev–Trinajstić information content (AvgIpc) is 0.778. The molecule has 0 aromatic carbocycles. The number of amides is 2. The van der Waals surface area contributed by atoms with E-state index in [1.54, 1.807) is 0 Å². The smallest absolute Gasteiger partial charge is 0.217 e. The maximum absolute atomic E-state index is 12.8. The SMILES string of the molecule is CC(=O)N[C@H]1[C@H](O[C@@H]([C@H](O)[C@H](CO)NC(C)=O)[C@H](O)CO)O[C@H](CO)[C@@H](O[C@@H]2O[C@H](CO[C@H]3O[C@H](CO)[C@@H](O)[C@H](O[C@H]4O[C@H](CO)[C@@H](O)[C@H](O)[C@@H]4O)[C@@H]3O)[C@@H](O)[C@H](O[C@H]3O[C@H](CO)[C@@H](O)[C@H](O)[C@@H]3O[C@H]3O[C@H](CO)[C@@H](O)[C@H](O)[C@@H]3O[C@H]3O[C@H](CO)[C@@H](O)[C@H](O)[C@@H]3O)[C@@H]2O)[C@@H]1O. The summed E-state index contributed by atoms with van der Waals surface area (Å²) in [5.74, 6) is -1.74. The quantitative estimate of drug-likeness (QED) is 0.0346. The van der Waals surface area contributed by atoms with Gasteiger partial charge in [-0.2, -0.15) is 0 Å². The minimum atomic E-state index is -2.53. The van der Waals surface area contributed by atoms with Gasteiger partial charge in [-0.1, -0.05) is 0 Å². The first-order valence-electron chi connectivity index (χ1n) is 30.1. The van der Waals surface area contributed by atoms with E-state index in [1.165, 1.54) is 0 Å². The number of hydrogen-bond donors (Lipinski definition) is 27.